The molecule has 0 spiro atoms. The maximum atomic E-state index is 12.5. The average molecular weight is 442 g/mol. The molecule has 0 aromatic heterocycles. The monoisotopic (exact) mass is 441 g/mol. The predicted octanol–water partition coefficient (Wildman–Crippen LogP) is 2.77. The number of hydrogen-bond acceptors (Lipinski definition) is 4. The van der Waals surface area contributed by atoms with E-state index in [2.05, 4.69) is 4.90 Å². The molecule has 1 aliphatic rings. The lowest BCUT2D eigenvalue weighted by molar-refractivity contribution is -0.130. The van der Waals surface area contributed by atoms with E-state index in [4.69, 9.17) is 28.3 Å². The van der Waals surface area contributed by atoms with Gasteiger partial charge in [-0.2, -0.15) is 0 Å². The molecule has 1 saturated heterocycles. The Balaban J connectivity index is 1.81. The molecule has 0 atom stereocenters. The molecule has 0 unspecified atom stereocenters. The number of carbonyl (C=O) groups excluding carboxylic acids is 2. The van der Waals surface area contributed by atoms with Gasteiger partial charge in [0.2, 0.25) is 11.8 Å². The zero-order valence-corrected chi connectivity index (χ0v) is 18.3. The Bertz CT molecular complexity index is 727. The van der Waals surface area contributed by atoms with Crippen molar-refractivity contribution in [3.8, 4) is 0 Å². The third-order valence-electron chi connectivity index (χ3n) is 4.96. The van der Waals surface area contributed by atoms with Crippen LogP contribution in [0.4, 0.5) is 0 Å². The minimum absolute atomic E-state index is 0.0949. The van der Waals surface area contributed by atoms with Crippen LogP contribution in [0.15, 0.2) is 24.3 Å². The Morgan fingerprint density at radius 3 is 2.69 bits per heavy atom. The van der Waals surface area contributed by atoms with E-state index in [0.717, 1.165) is 24.9 Å². The summed E-state index contributed by atoms with van der Waals surface area (Å²) in [6.07, 6.45) is 5.44. The highest BCUT2D eigenvalue weighted by molar-refractivity contribution is 6.42. The summed E-state index contributed by atoms with van der Waals surface area (Å²) in [6.45, 7) is 3.93. The highest BCUT2D eigenvalue weighted by Gasteiger charge is 2.22. The number of nitrogens with zero attached hydrogens (tertiary/aromatic N) is 3. The molecule has 1 aliphatic heterocycles. The van der Waals surface area contributed by atoms with Gasteiger partial charge in [0.05, 0.1) is 16.7 Å². The Morgan fingerprint density at radius 1 is 1.17 bits per heavy atom. The van der Waals surface area contributed by atoms with Gasteiger partial charge in [-0.25, -0.2) is 0 Å². The fourth-order valence-corrected chi connectivity index (χ4v) is 3.49. The van der Waals surface area contributed by atoms with Crippen molar-refractivity contribution in [2.24, 2.45) is 0 Å². The fourth-order valence-electron chi connectivity index (χ4n) is 3.18. The first-order valence-electron chi connectivity index (χ1n) is 9.90. The average Bonchev–Trinajstić information content (AvgIpc) is 2.88. The molecule has 1 heterocycles. The van der Waals surface area contributed by atoms with Crippen molar-refractivity contribution in [3.05, 3.63) is 39.9 Å². The van der Waals surface area contributed by atoms with E-state index in [1.165, 1.54) is 6.08 Å². The molecule has 6 nitrogen and oxygen atoms in total. The Morgan fingerprint density at radius 2 is 1.97 bits per heavy atom. The van der Waals surface area contributed by atoms with Crippen molar-refractivity contribution in [2.75, 3.05) is 52.9 Å². The molecule has 1 N–H and O–H groups in total. The van der Waals surface area contributed by atoms with Gasteiger partial charge in [0.1, 0.15) is 0 Å². The molecule has 2 amide bonds. The summed E-state index contributed by atoms with van der Waals surface area (Å²) in [6, 6.07) is 5.20. The summed E-state index contributed by atoms with van der Waals surface area (Å²) >= 11 is 11.9. The first-order valence-corrected chi connectivity index (χ1v) is 10.7. The normalized spacial score (nSPS) is 15.4. The summed E-state index contributed by atoms with van der Waals surface area (Å²) in [7, 11) is 1.97. The van der Waals surface area contributed by atoms with Gasteiger partial charge in [0, 0.05) is 45.2 Å². The molecule has 1 aromatic carbocycles. The molecule has 0 bridgehead atoms. The summed E-state index contributed by atoms with van der Waals surface area (Å²) in [5.41, 5.74) is 0.798. The van der Waals surface area contributed by atoms with E-state index in [0.29, 0.717) is 49.2 Å². The lowest BCUT2D eigenvalue weighted by Gasteiger charge is -2.22. The second kappa shape index (κ2) is 12.2. The van der Waals surface area contributed by atoms with Crippen molar-refractivity contribution in [3.63, 3.8) is 0 Å². The third kappa shape index (κ3) is 7.97. The van der Waals surface area contributed by atoms with Crippen LogP contribution in [0, 0.1) is 0 Å². The molecule has 0 aliphatic carbocycles. The zero-order valence-electron chi connectivity index (χ0n) is 16.8. The van der Waals surface area contributed by atoms with Gasteiger partial charge in [0.25, 0.3) is 0 Å². The maximum Gasteiger partial charge on any atom is 0.246 e. The molecule has 0 radical (unpaired) electrons. The van der Waals surface area contributed by atoms with Crippen LogP contribution >= 0.6 is 23.2 Å². The number of aliphatic hydroxyl groups excluding tert-OH is 1. The summed E-state index contributed by atoms with van der Waals surface area (Å²) in [5.74, 6) is -0.0196. The number of aliphatic hydroxyl groups is 1. The Labute approximate surface area is 182 Å². The highest BCUT2D eigenvalue weighted by Crippen LogP contribution is 2.23. The first kappa shape index (κ1) is 23.7. The van der Waals surface area contributed by atoms with E-state index in [-0.39, 0.29) is 18.4 Å². The second-order valence-corrected chi connectivity index (χ2v) is 8.01. The van der Waals surface area contributed by atoms with Gasteiger partial charge >= 0.3 is 0 Å². The number of halogens is 2. The van der Waals surface area contributed by atoms with E-state index in [9.17, 15) is 9.59 Å². The van der Waals surface area contributed by atoms with Crippen molar-refractivity contribution in [2.45, 2.75) is 19.3 Å². The number of carbonyl (C=O) groups is 2. The van der Waals surface area contributed by atoms with Gasteiger partial charge in [-0.05, 0) is 50.2 Å². The third-order valence-corrected chi connectivity index (χ3v) is 5.70. The van der Waals surface area contributed by atoms with Gasteiger partial charge in [-0.15, -0.1) is 0 Å². The van der Waals surface area contributed by atoms with Crippen LogP contribution in [0.3, 0.4) is 0 Å². The number of unbranched alkanes of at least 4 members (excludes halogenated alkanes) is 1. The minimum atomic E-state index is -0.114. The van der Waals surface area contributed by atoms with Gasteiger partial charge < -0.3 is 19.8 Å². The number of hydrogen-bond donors (Lipinski definition) is 1. The summed E-state index contributed by atoms with van der Waals surface area (Å²) < 4.78 is 0. The second-order valence-electron chi connectivity index (χ2n) is 7.20. The first-order chi connectivity index (χ1) is 13.9. The van der Waals surface area contributed by atoms with Crippen LogP contribution in [0.2, 0.25) is 10.0 Å². The molecule has 29 heavy (non-hydrogen) atoms. The molecular formula is C21H29Cl2N3O3. The molecule has 1 aromatic rings. The number of amides is 2. The molecule has 8 heteroatoms. The molecule has 1 fully saturated rings. The van der Waals surface area contributed by atoms with Gasteiger partial charge in [-0.1, -0.05) is 29.3 Å². The molecule has 160 valence electrons. The molecule has 2 rings (SSSR count). The van der Waals surface area contributed by atoms with E-state index >= 15 is 0 Å². The van der Waals surface area contributed by atoms with Crippen molar-refractivity contribution in [1.82, 2.24) is 14.7 Å². The maximum absolute atomic E-state index is 12.5. The van der Waals surface area contributed by atoms with Crippen LogP contribution in [0.5, 0.6) is 0 Å². The lowest BCUT2D eigenvalue weighted by atomic mass is 10.2. The standard InChI is InChI=1S/C21H29Cl2N3O3/c1-24(14-15-27)9-2-3-10-25-12-13-26(11-8-21(25)29)20(28)7-5-17-4-6-18(22)19(23)16-17/h4-7,16,27H,2-3,8-15H2,1H3/b7-5+. The van der Waals surface area contributed by atoms with Crippen LogP contribution in [0.25, 0.3) is 6.08 Å². The topological polar surface area (TPSA) is 64.1 Å². The lowest BCUT2D eigenvalue weighted by Crippen LogP contribution is -2.35. The van der Waals surface area contributed by atoms with Crippen LogP contribution < -0.4 is 0 Å². The summed E-state index contributed by atoms with van der Waals surface area (Å²) in [5, 5.41) is 9.83. The number of benzene rings is 1. The molecule has 0 saturated carbocycles. The van der Waals surface area contributed by atoms with Crippen LogP contribution in [-0.2, 0) is 9.59 Å². The van der Waals surface area contributed by atoms with E-state index < -0.39 is 0 Å². The van der Waals surface area contributed by atoms with Crippen molar-refractivity contribution >= 4 is 41.1 Å². The van der Waals surface area contributed by atoms with Crippen molar-refractivity contribution in [1.29, 1.82) is 0 Å². The van der Waals surface area contributed by atoms with E-state index in [1.807, 2.05) is 11.9 Å². The highest BCUT2D eigenvalue weighted by atomic mass is 35.5. The Kier molecular flexibility index (Phi) is 9.94. The number of rotatable bonds is 9. The largest absolute Gasteiger partial charge is 0.395 e. The molecular weight excluding hydrogens is 413 g/mol. The number of likely N-dealkylation sites (N-methyl/N-ethyl adjacent to an activating group) is 1. The minimum Gasteiger partial charge on any atom is -0.395 e. The van der Waals surface area contributed by atoms with Gasteiger partial charge in [-0.3, -0.25) is 9.59 Å². The van der Waals surface area contributed by atoms with E-state index in [1.54, 1.807) is 29.2 Å². The van der Waals surface area contributed by atoms with Crippen LogP contribution in [-0.4, -0.2) is 84.5 Å². The summed E-state index contributed by atoms with van der Waals surface area (Å²) in [4.78, 5) is 30.5. The Hall–Kier alpha value is -1.60. The van der Waals surface area contributed by atoms with Crippen LogP contribution in [0.1, 0.15) is 24.8 Å². The smallest absolute Gasteiger partial charge is 0.246 e. The fraction of sp³-hybridized carbons (Fsp3) is 0.524. The zero-order chi connectivity index (χ0) is 21.2. The van der Waals surface area contributed by atoms with Crippen molar-refractivity contribution < 1.29 is 14.7 Å². The van der Waals surface area contributed by atoms with Gasteiger partial charge in [0.15, 0.2) is 0 Å². The SMILES string of the molecule is CN(CCO)CCCCN1CCN(C(=O)/C=C/c2ccc(Cl)c(Cl)c2)CCC1=O. The quantitative estimate of drug-likeness (QED) is 0.472. The predicted molar refractivity (Wildman–Crippen MR) is 117 cm³/mol.